The van der Waals surface area contributed by atoms with E-state index in [1.165, 1.54) is 24.6 Å². The number of nitrogens with zero attached hydrogens (tertiary/aromatic N) is 1. The number of amides is 2. The zero-order valence-corrected chi connectivity index (χ0v) is 16.2. The molecule has 0 aliphatic heterocycles. The Morgan fingerprint density at radius 3 is 2.26 bits per heavy atom. The summed E-state index contributed by atoms with van der Waals surface area (Å²) in [5.41, 5.74) is 3.10. The summed E-state index contributed by atoms with van der Waals surface area (Å²) in [4.78, 5) is 20.7. The fraction of sp³-hybridized carbons (Fsp3) is 0.250. The van der Waals surface area contributed by atoms with Crippen LogP contribution in [0, 0.1) is 29.2 Å². The highest BCUT2D eigenvalue weighted by atomic mass is 35.5. The summed E-state index contributed by atoms with van der Waals surface area (Å²) < 4.78 is 5.42. The SMILES string of the molecule is CON(C)C(=O)NOCC#CCOc1ccc(Cl)c(C)c1.c1cc2ccc1=2. The predicted molar refractivity (Wildman–Crippen MR) is 103 cm³/mol. The highest BCUT2D eigenvalue weighted by Crippen LogP contribution is 2.20. The number of carbonyl (C=O) groups excluding carboxylic acids is 1. The van der Waals surface area contributed by atoms with Crippen LogP contribution in [0.15, 0.2) is 42.5 Å². The van der Waals surface area contributed by atoms with Crippen LogP contribution in [0.25, 0.3) is 0 Å². The molecule has 142 valence electrons. The molecule has 0 heterocycles. The van der Waals surface area contributed by atoms with Crippen LogP contribution >= 0.6 is 11.6 Å². The van der Waals surface area contributed by atoms with Crippen molar-refractivity contribution in [3.05, 3.63) is 63.5 Å². The van der Waals surface area contributed by atoms with Crippen molar-refractivity contribution >= 4 is 17.6 Å². The van der Waals surface area contributed by atoms with Crippen molar-refractivity contribution in [2.75, 3.05) is 27.4 Å². The van der Waals surface area contributed by atoms with Gasteiger partial charge in [-0.15, -0.1) is 0 Å². The van der Waals surface area contributed by atoms with Gasteiger partial charge in [-0.2, -0.15) is 0 Å². The number of hydroxylamine groups is 3. The van der Waals surface area contributed by atoms with Crippen molar-refractivity contribution in [2.24, 2.45) is 0 Å². The van der Waals surface area contributed by atoms with Crippen molar-refractivity contribution in [3.63, 3.8) is 0 Å². The van der Waals surface area contributed by atoms with Crippen molar-refractivity contribution in [1.82, 2.24) is 10.5 Å². The molecule has 27 heavy (non-hydrogen) atoms. The molecule has 2 aliphatic rings. The monoisotopic (exact) mass is 388 g/mol. The molecule has 2 aliphatic carbocycles. The summed E-state index contributed by atoms with van der Waals surface area (Å²) in [6, 6.07) is 13.3. The molecule has 7 heteroatoms. The molecule has 1 aromatic rings. The number of benzene rings is 2. The Bertz CT molecular complexity index is 887. The topological polar surface area (TPSA) is 60.0 Å². The van der Waals surface area contributed by atoms with Gasteiger partial charge in [0.1, 0.15) is 19.0 Å². The molecule has 6 nitrogen and oxygen atoms in total. The van der Waals surface area contributed by atoms with Gasteiger partial charge in [0, 0.05) is 12.1 Å². The van der Waals surface area contributed by atoms with E-state index in [0.29, 0.717) is 10.8 Å². The van der Waals surface area contributed by atoms with E-state index in [0.717, 1.165) is 10.6 Å². The number of nitrogens with one attached hydrogen (secondary N) is 1. The van der Waals surface area contributed by atoms with Gasteiger partial charge in [0.2, 0.25) is 0 Å². The van der Waals surface area contributed by atoms with Gasteiger partial charge < -0.3 is 4.74 Å². The molecule has 1 aromatic carbocycles. The van der Waals surface area contributed by atoms with E-state index in [1.54, 1.807) is 12.1 Å². The lowest BCUT2D eigenvalue weighted by Crippen LogP contribution is -2.36. The smallest absolute Gasteiger partial charge is 0.364 e. The minimum Gasteiger partial charge on any atom is -0.481 e. The highest BCUT2D eigenvalue weighted by molar-refractivity contribution is 6.31. The van der Waals surface area contributed by atoms with E-state index in [-0.39, 0.29) is 13.2 Å². The molecule has 0 aromatic heterocycles. The maximum Gasteiger partial charge on any atom is 0.364 e. The summed E-state index contributed by atoms with van der Waals surface area (Å²) in [5.74, 6) is 6.15. The summed E-state index contributed by atoms with van der Waals surface area (Å²) in [6.07, 6.45) is 0. The molecule has 3 rings (SSSR count). The van der Waals surface area contributed by atoms with Crippen LogP contribution in [0.1, 0.15) is 5.56 Å². The number of rotatable bonds is 5. The Balaban J connectivity index is 0.000000358. The molecule has 2 amide bonds. The molecule has 0 bridgehead atoms. The molecular formula is C20H21ClN2O4. The molecule has 0 radical (unpaired) electrons. The summed E-state index contributed by atoms with van der Waals surface area (Å²) in [7, 11) is 2.82. The first kappa shape index (κ1) is 20.6. The molecular weight excluding hydrogens is 368 g/mol. The van der Waals surface area contributed by atoms with E-state index in [4.69, 9.17) is 21.2 Å². The van der Waals surface area contributed by atoms with Crippen LogP contribution in [0.2, 0.25) is 5.02 Å². The molecule has 1 N–H and O–H groups in total. The largest absolute Gasteiger partial charge is 0.481 e. The van der Waals surface area contributed by atoms with Gasteiger partial charge in [0.25, 0.3) is 0 Å². The number of hydrogen-bond acceptors (Lipinski definition) is 4. The van der Waals surface area contributed by atoms with Crippen molar-refractivity contribution in [3.8, 4) is 17.6 Å². The van der Waals surface area contributed by atoms with Gasteiger partial charge in [-0.25, -0.2) is 15.3 Å². The third kappa shape index (κ3) is 6.50. The lowest BCUT2D eigenvalue weighted by Gasteiger charge is -2.13. The van der Waals surface area contributed by atoms with E-state index in [2.05, 4.69) is 46.4 Å². The van der Waals surface area contributed by atoms with Crippen LogP contribution in [0.3, 0.4) is 0 Å². The number of urea groups is 1. The van der Waals surface area contributed by atoms with Crippen molar-refractivity contribution < 1.29 is 19.2 Å². The summed E-state index contributed by atoms with van der Waals surface area (Å²) >= 11 is 5.91. The number of ether oxygens (including phenoxy) is 1. The van der Waals surface area contributed by atoms with Crippen LogP contribution in [0.4, 0.5) is 4.79 Å². The molecule has 0 saturated heterocycles. The molecule has 0 unspecified atom stereocenters. The first-order valence-corrected chi connectivity index (χ1v) is 8.53. The lowest BCUT2D eigenvalue weighted by atomic mass is 10.1. The van der Waals surface area contributed by atoms with E-state index in [1.807, 2.05) is 13.0 Å². The van der Waals surface area contributed by atoms with Gasteiger partial charge >= 0.3 is 6.03 Å². The van der Waals surface area contributed by atoms with E-state index >= 15 is 0 Å². The quantitative estimate of drug-likeness (QED) is 0.413. The van der Waals surface area contributed by atoms with Gasteiger partial charge in [-0.05, 0) is 41.1 Å². The minimum absolute atomic E-state index is 0.0479. The number of hydrogen-bond donors (Lipinski definition) is 1. The maximum atomic E-state index is 11.2. The standard InChI is InChI=1S/C14H17ClN2O4.C6H4/c1-11-10-12(6-7-13(11)15)20-8-4-5-9-21-16-14(18)17(2)19-3;1-2-6-4-3-5(1)6/h6-7,10H,8-9H2,1-3H3,(H,16,18);1-4H. The maximum absolute atomic E-state index is 11.2. The second kappa shape index (κ2) is 10.4. The molecule has 0 fully saturated rings. The zero-order chi connectivity index (χ0) is 19.6. The Kier molecular flexibility index (Phi) is 7.96. The normalized spacial score (nSPS) is 9.93. The van der Waals surface area contributed by atoms with Crippen LogP contribution in [-0.4, -0.2) is 38.5 Å². The first-order chi connectivity index (χ1) is 13.0. The van der Waals surface area contributed by atoms with Crippen LogP contribution in [0.5, 0.6) is 5.75 Å². The Morgan fingerprint density at radius 2 is 1.74 bits per heavy atom. The third-order valence-corrected chi connectivity index (χ3v) is 4.07. The Morgan fingerprint density at radius 1 is 1.11 bits per heavy atom. The second-order valence-electron chi connectivity index (χ2n) is 5.51. The van der Waals surface area contributed by atoms with E-state index < -0.39 is 6.03 Å². The number of halogens is 1. The fourth-order valence-corrected chi connectivity index (χ4v) is 1.99. The fourth-order valence-electron chi connectivity index (χ4n) is 1.87. The zero-order valence-electron chi connectivity index (χ0n) is 15.4. The van der Waals surface area contributed by atoms with Crippen molar-refractivity contribution in [1.29, 1.82) is 0 Å². The minimum atomic E-state index is -0.521. The molecule has 0 spiro atoms. The average Bonchev–Trinajstić information content (AvgIpc) is 2.66. The van der Waals surface area contributed by atoms with Crippen molar-refractivity contribution in [2.45, 2.75) is 6.92 Å². The third-order valence-electron chi connectivity index (χ3n) is 3.65. The molecule has 0 saturated carbocycles. The van der Waals surface area contributed by atoms with Gasteiger partial charge in [0.15, 0.2) is 0 Å². The van der Waals surface area contributed by atoms with Gasteiger partial charge in [-0.3, -0.25) is 9.68 Å². The first-order valence-electron chi connectivity index (χ1n) is 8.16. The van der Waals surface area contributed by atoms with Gasteiger partial charge in [-0.1, -0.05) is 47.7 Å². The Labute approximate surface area is 163 Å². The van der Waals surface area contributed by atoms with Crippen LogP contribution in [-0.2, 0) is 9.68 Å². The lowest BCUT2D eigenvalue weighted by molar-refractivity contribution is -0.0795. The van der Waals surface area contributed by atoms with Gasteiger partial charge in [0.05, 0.1) is 7.11 Å². The summed E-state index contributed by atoms with van der Waals surface area (Å²) in [6.45, 7) is 2.16. The van der Waals surface area contributed by atoms with E-state index in [9.17, 15) is 4.79 Å². The second-order valence-corrected chi connectivity index (χ2v) is 5.91. The predicted octanol–water partition coefficient (Wildman–Crippen LogP) is 3.45. The Hall–Kier alpha value is -2.72. The number of carbonyl (C=O) groups is 1. The summed E-state index contributed by atoms with van der Waals surface area (Å²) in [5, 5.41) is 4.53. The van der Waals surface area contributed by atoms with Crippen LogP contribution < -0.4 is 10.2 Å². The molecule has 0 atom stereocenters. The highest BCUT2D eigenvalue weighted by Gasteiger charge is 2.05. The average molecular weight is 389 g/mol. The number of aryl methyl sites for hydroxylation is 1.